The topological polar surface area (TPSA) is 70.5 Å². The number of hydrogen-bond acceptors (Lipinski definition) is 5. The van der Waals surface area contributed by atoms with Crippen molar-refractivity contribution >= 4 is 11.3 Å². The van der Waals surface area contributed by atoms with Crippen LogP contribution >= 0.6 is 0 Å². The van der Waals surface area contributed by atoms with Crippen LogP contribution in [0.3, 0.4) is 0 Å². The van der Waals surface area contributed by atoms with Crippen LogP contribution in [-0.4, -0.2) is 36.3 Å². The van der Waals surface area contributed by atoms with Crippen LogP contribution in [0.1, 0.15) is 75.3 Å². The molecule has 1 aliphatic heterocycles. The molecule has 184 valence electrons. The van der Waals surface area contributed by atoms with Crippen LogP contribution in [0.2, 0.25) is 0 Å². The highest BCUT2D eigenvalue weighted by molar-refractivity contribution is 5.85. The lowest BCUT2D eigenvalue weighted by Gasteiger charge is -2.39. The van der Waals surface area contributed by atoms with Gasteiger partial charge in [0.05, 0.1) is 6.17 Å². The zero-order valence-corrected chi connectivity index (χ0v) is 22.3. The summed E-state index contributed by atoms with van der Waals surface area (Å²) in [5, 5.41) is 7.75. The highest BCUT2D eigenvalue weighted by atomic mass is 15.7. The van der Waals surface area contributed by atoms with E-state index in [1.165, 1.54) is 71.9 Å². The van der Waals surface area contributed by atoms with Gasteiger partial charge < -0.3 is 21.8 Å². The van der Waals surface area contributed by atoms with Crippen molar-refractivity contribution < 1.29 is 0 Å². The molecule has 2 aliphatic carbocycles. The minimum Gasteiger partial charge on any atom is -0.362 e. The minimum absolute atomic E-state index is 0.0200. The monoisotopic (exact) mass is 453 g/mol. The van der Waals surface area contributed by atoms with Crippen LogP contribution in [0.4, 0.5) is 5.69 Å². The number of hydrogen-bond donors (Lipinski definition) is 3. The highest BCUT2D eigenvalue weighted by Gasteiger charge is 2.34. The molecule has 0 fully saturated rings. The molecule has 1 aromatic carbocycles. The van der Waals surface area contributed by atoms with Crippen molar-refractivity contribution in [1.29, 1.82) is 0 Å². The normalized spacial score (nSPS) is 19.4. The molecule has 0 spiro atoms. The number of benzene rings is 1. The average Bonchev–Trinajstić information content (AvgIpc) is 3.46. The van der Waals surface area contributed by atoms with Crippen LogP contribution in [0.15, 0.2) is 31.1 Å². The van der Waals surface area contributed by atoms with Gasteiger partial charge in [0.25, 0.3) is 0 Å². The van der Waals surface area contributed by atoms with Crippen molar-refractivity contribution in [3.63, 3.8) is 0 Å². The van der Waals surface area contributed by atoms with Gasteiger partial charge in [-0.05, 0) is 100 Å². The van der Waals surface area contributed by atoms with E-state index < -0.39 is 0 Å². The van der Waals surface area contributed by atoms with Gasteiger partial charge in [-0.3, -0.25) is 0 Å². The molecule has 0 aromatic heterocycles. The van der Waals surface area contributed by atoms with E-state index in [1.807, 2.05) is 7.05 Å². The van der Waals surface area contributed by atoms with Gasteiger partial charge in [-0.1, -0.05) is 33.9 Å². The molecule has 0 saturated carbocycles. The van der Waals surface area contributed by atoms with Crippen LogP contribution in [0.25, 0.3) is 5.57 Å². The smallest absolute Gasteiger partial charge is 0.0962 e. The van der Waals surface area contributed by atoms with Gasteiger partial charge in [-0.25, -0.2) is 5.01 Å². The van der Waals surface area contributed by atoms with E-state index in [0.717, 1.165) is 6.42 Å². The first-order valence-electron chi connectivity index (χ1n) is 12.3. The number of hydrazine groups is 1. The van der Waals surface area contributed by atoms with Crippen molar-refractivity contribution in [3.05, 3.63) is 58.9 Å². The molecule has 0 radical (unpaired) electrons. The Morgan fingerprint density at radius 2 is 1.70 bits per heavy atom. The molecule has 1 unspecified atom stereocenters. The van der Waals surface area contributed by atoms with Crippen molar-refractivity contribution in [2.45, 2.75) is 85.9 Å². The third-order valence-corrected chi connectivity index (χ3v) is 6.86. The molecule has 3 aliphatic rings. The van der Waals surface area contributed by atoms with E-state index in [2.05, 4.69) is 81.8 Å². The molecule has 5 nitrogen and oxygen atoms in total. The summed E-state index contributed by atoms with van der Waals surface area (Å²) in [6.45, 7) is 21.4. The molecule has 1 heterocycles. The van der Waals surface area contributed by atoms with Crippen molar-refractivity contribution in [2.24, 2.45) is 16.9 Å². The van der Waals surface area contributed by atoms with E-state index in [-0.39, 0.29) is 11.6 Å². The molecule has 0 bridgehead atoms. The van der Waals surface area contributed by atoms with E-state index in [4.69, 9.17) is 5.73 Å². The maximum atomic E-state index is 6.00. The Labute approximate surface area is 202 Å². The predicted octanol–water partition coefficient (Wildman–Crippen LogP) is 5.35. The van der Waals surface area contributed by atoms with Gasteiger partial charge in [0.1, 0.15) is 0 Å². The summed E-state index contributed by atoms with van der Waals surface area (Å²) in [5.74, 6) is 0. The molecular weight excluding hydrogens is 406 g/mol. The lowest BCUT2D eigenvalue weighted by molar-refractivity contribution is -0.00583. The summed E-state index contributed by atoms with van der Waals surface area (Å²) in [6.07, 6.45) is 9.99. The predicted molar refractivity (Wildman–Crippen MR) is 145 cm³/mol. The minimum atomic E-state index is 0.0200. The number of anilines is 1. The number of allylic oxidation sites excluding steroid dienone is 2. The Balaban J connectivity index is 0.000000222. The summed E-state index contributed by atoms with van der Waals surface area (Å²) in [5.41, 5.74) is 22.1. The van der Waals surface area contributed by atoms with Gasteiger partial charge in [-0.15, -0.1) is 0 Å². The second-order valence-corrected chi connectivity index (χ2v) is 10.4. The van der Waals surface area contributed by atoms with E-state index in [1.54, 1.807) is 11.8 Å². The Kier molecular flexibility index (Phi) is 8.97. The Hall–Kier alpha value is -2.08. The van der Waals surface area contributed by atoms with Crippen molar-refractivity contribution in [2.75, 3.05) is 19.4 Å². The molecular formula is C28H47N5. The fourth-order valence-corrected chi connectivity index (χ4v) is 5.37. The molecule has 1 aromatic rings. The number of rotatable bonds is 3. The van der Waals surface area contributed by atoms with Crippen LogP contribution in [0.5, 0.6) is 0 Å². The van der Waals surface area contributed by atoms with Gasteiger partial charge in [0, 0.05) is 35.5 Å². The zero-order valence-electron chi connectivity index (χ0n) is 22.3. The average molecular weight is 454 g/mol. The zero-order chi connectivity index (χ0) is 25.1. The van der Waals surface area contributed by atoms with Gasteiger partial charge >= 0.3 is 0 Å². The first-order valence-corrected chi connectivity index (χ1v) is 12.3. The van der Waals surface area contributed by atoms with Crippen LogP contribution < -0.4 is 16.8 Å². The number of fused-ring (bicyclic) bond motifs is 2. The van der Waals surface area contributed by atoms with E-state index in [0.29, 0.717) is 6.04 Å². The van der Waals surface area contributed by atoms with Crippen molar-refractivity contribution in [1.82, 2.24) is 10.0 Å². The molecule has 33 heavy (non-hydrogen) atoms. The number of likely N-dealkylation sites (N-methyl/N-ethyl adjacent to an activating group) is 1. The summed E-state index contributed by atoms with van der Waals surface area (Å²) in [6, 6.07) is 0.457. The van der Waals surface area contributed by atoms with E-state index >= 15 is 0 Å². The first kappa shape index (κ1) is 27.2. The van der Waals surface area contributed by atoms with Crippen LogP contribution in [0, 0.1) is 12.3 Å². The highest BCUT2D eigenvalue weighted by Crippen LogP contribution is 2.45. The standard InChI is InChI=1S/C16H19N.C11H23N3.CH5N/c1-4-17-16-14-7-5-6-12(14)11(3)13-9-8-10(2)15(13)16;1-8(2)14-9(11(3,4)5)7-10(12)13(14)6;1-2/h4,17H,1-2,5-9H2,3H3;7-8,10H,12H2,1-6H3;2H2,1H3. The first-order chi connectivity index (χ1) is 15.5. The van der Waals surface area contributed by atoms with Gasteiger partial charge in [0.15, 0.2) is 0 Å². The summed E-state index contributed by atoms with van der Waals surface area (Å²) >= 11 is 0. The van der Waals surface area contributed by atoms with Gasteiger partial charge in [-0.2, -0.15) is 0 Å². The molecule has 5 N–H and O–H groups in total. The van der Waals surface area contributed by atoms with Crippen molar-refractivity contribution in [3.8, 4) is 0 Å². The molecule has 1 atom stereocenters. The maximum Gasteiger partial charge on any atom is 0.0962 e. The second-order valence-electron chi connectivity index (χ2n) is 10.4. The Morgan fingerprint density at radius 3 is 2.21 bits per heavy atom. The second kappa shape index (κ2) is 10.9. The summed E-state index contributed by atoms with van der Waals surface area (Å²) < 4.78 is 0. The third-order valence-electron chi connectivity index (χ3n) is 6.86. The quantitative estimate of drug-likeness (QED) is 0.576. The lowest BCUT2D eigenvalue weighted by Crippen LogP contribution is -2.47. The third kappa shape index (κ3) is 5.37. The van der Waals surface area contributed by atoms with Gasteiger partial charge in [0.2, 0.25) is 0 Å². The number of nitrogens with one attached hydrogen (secondary N) is 1. The fourth-order valence-electron chi connectivity index (χ4n) is 5.37. The van der Waals surface area contributed by atoms with E-state index in [9.17, 15) is 0 Å². The largest absolute Gasteiger partial charge is 0.362 e. The Morgan fingerprint density at radius 1 is 1.09 bits per heavy atom. The lowest BCUT2D eigenvalue weighted by atomic mass is 9.91. The molecule has 0 amide bonds. The SMILES string of the molecule is C=CNc1c2c(c(C)c3c1C(=C)CC3)CCC2.CC(C)N1C(C(C)(C)C)=CC(N)N1C.CN. The number of nitrogens with zero attached hydrogens (tertiary/aromatic N) is 2. The summed E-state index contributed by atoms with van der Waals surface area (Å²) in [4.78, 5) is 0. The summed E-state index contributed by atoms with van der Waals surface area (Å²) in [7, 11) is 3.54. The Bertz CT molecular complexity index is 904. The fraction of sp³-hybridized carbons (Fsp3) is 0.571. The maximum absolute atomic E-state index is 6.00. The molecule has 0 saturated heterocycles. The van der Waals surface area contributed by atoms with Crippen LogP contribution in [-0.2, 0) is 19.3 Å². The molecule has 4 rings (SSSR count). The molecule has 5 heteroatoms. The number of nitrogens with two attached hydrogens (primary N) is 2.